The monoisotopic (exact) mass is 499 g/mol. The first-order valence-corrected chi connectivity index (χ1v) is 11.2. The van der Waals surface area contributed by atoms with E-state index < -0.39 is 36.6 Å². The third-order valence-electron chi connectivity index (χ3n) is 4.48. The smallest absolute Gasteiger partial charge is 0.480 e. The fourth-order valence-electron chi connectivity index (χ4n) is 2.59. The Kier molecular flexibility index (Phi) is 13.0. The number of hydrogen-bond acceptors (Lipinski definition) is 11. The number of nitrogens with one attached hydrogen (secondary N) is 1. The number of benzene rings is 1. The molecule has 196 valence electrons. The lowest BCUT2D eigenvalue weighted by Crippen LogP contribution is -2.42. The summed E-state index contributed by atoms with van der Waals surface area (Å²) < 4.78 is 29.8. The fraction of sp³-hybridized carbons (Fsp3) is 0.565. The van der Waals surface area contributed by atoms with Gasteiger partial charge in [-0.2, -0.15) is 0 Å². The minimum Gasteiger partial charge on any atom is -0.480 e. The van der Waals surface area contributed by atoms with Gasteiger partial charge in [-0.15, -0.1) is 0 Å². The zero-order valence-electron chi connectivity index (χ0n) is 20.5. The van der Waals surface area contributed by atoms with Crippen LogP contribution in [0.2, 0.25) is 0 Å². The second kappa shape index (κ2) is 15.4. The highest BCUT2D eigenvalue weighted by Crippen LogP contribution is 2.30. The minimum atomic E-state index is -1.15. The van der Waals surface area contributed by atoms with Crippen molar-refractivity contribution in [2.24, 2.45) is 0 Å². The number of carbonyl (C=O) groups excluding carboxylic acids is 3. The number of carboxylic acids is 1. The first-order chi connectivity index (χ1) is 16.6. The van der Waals surface area contributed by atoms with Crippen LogP contribution in [0.25, 0.3) is 0 Å². The highest BCUT2D eigenvalue weighted by molar-refractivity contribution is 5.74. The van der Waals surface area contributed by atoms with Gasteiger partial charge in [-0.1, -0.05) is 13.0 Å². The molecule has 3 atom stereocenters. The van der Waals surface area contributed by atoms with Crippen LogP contribution in [0, 0.1) is 0 Å². The average molecular weight is 500 g/mol. The van der Waals surface area contributed by atoms with Crippen molar-refractivity contribution in [3.05, 3.63) is 23.8 Å². The van der Waals surface area contributed by atoms with E-state index in [1.807, 2.05) is 6.92 Å². The van der Waals surface area contributed by atoms with Crippen molar-refractivity contribution in [1.82, 2.24) is 5.32 Å². The van der Waals surface area contributed by atoms with Crippen LogP contribution in [-0.4, -0.2) is 67.6 Å². The summed E-state index contributed by atoms with van der Waals surface area (Å²) in [6.07, 6.45) is -3.21. The molecule has 0 spiro atoms. The van der Waals surface area contributed by atoms with Crippen LogP contribution in [0.5, 0.6) is 11.5 Å². The Labute approximate surface area is 203 Å². The Morgan fingerprint density at radius 1 is 0.857 bits per heavy atom. The third-order valence-corrected chi connectivity index (χ3v) is 4.48. The van der Waals surface area contributed by atoms with Crippen molar-refractivity contribution in [2.45, 2.75) is 65.7 Å². The predicted molar refractivity (Wildman–Crippen MR) is 122 cm³/mol. The van der Waals surface area contributed by atoms with Gasteiger partial charge < -0.3 is 38.8 Å². The van der Waals surface area contributed by atoms with Crippen molar-refractivity contribution in [2.75, 3.05) is 19.8 Å². The average Bonchev–Trinajstić information content (AvgIpc) is 2.78. The second-order valence-electron chi connectivity index (χ2n) is 7.37. The van der Waals surface area contributed by atoms with Gasteiger partial charge in [0, 0.05) is 6.54 Å². The first kappa shape index (κ1) is 29.5. The lowest BCUT2D eigenvalue weighted by Gasteiger charge is -2.20. The molecule has 0 aliphatic rings. The van der Waals surface area contributed by atoms with Gasteiger partial charge in [0.15, 0.2) is 11.5 Å². The number of carboxylic acid groups (broad SMARTS) is 1. The zero-order chi connectivity index (χ0) is 26.4. The first-order valence-electron chi connectivity index (χ1n) is 11.2. The number of hydrogen-bond donors (Lipinski definition) is 2. The topological polar surface area (TPSA) is 156 Å². The molecule has 0 amide bonds. The third kappa shape index (κ3) is 11.4. The van der Waals surface area contributed by atoms with E-state index >= 15 is 0 Å². The van der Waals surface area contributed by atoms with Crippen LogP contribution in [-0.2, 0) is 30.2 Å². The van der Waals surface area contributed by atoms with E-state index in [1.165, 1.54) is 18.2 Å². The van der Waals surface area contributed by atoms with Crippen LogP contribution in [0.3, 0.4) is 0 Å². The van der Waals surface area contributed by atoms with Gasteiger partial charge in [-0.25, -0.2) is 14.4 Å². The van der Waals surface area contributed by atoms with Gasteiger partial charge >= 0.3 is 24.4 Å². The molecule has 1 aromatic rings. The van der Waals surface area contributed by atoms with E-state index in [1.54, 1.807) is 27.7 Å². The van der Waals surface area contributed by atoms with Crippen molar-refractivity contribution in [3.63, 3.8) is 0 Å². The second-order valence-corrected chi connectivity index (χ2v) is 7.37. The molecule has 0 bridgehead atoms. The molecule has 35 heavy (non-hydrogen) atoms. The summed E-state index contributed by atoms with van der Waals surface area (Å²) in [6.45, 7) is 8.55. The molecule has 1 aromatic carbocycles. The molecule has 0 radical (unpaired) electrons. The van der Waals surface area contributed by atoms with Gasteiger partial charge in [0.1, 0.15) is 18.2 Å². The van der Waals surface area contributed by atoms with Crippen LogP contribution < -0.4 is 14.8 Å². The minimum absolute atomic E-state index is 0.0295. The molecule has 0 saturated carbocycles. The standard InChI is InChI=1S/C23H33NO11/c1-6-14(4)32-23(29)33-15(5)13-24-17(20(25)26)11-16-9-10-18(34-21(27)30-7-2)19(12-16)35-22(28)31-8-3/h9-10,12,14-15,17,24H,6-8,11,13H2,1-5H3,(H,25,26)/t14?,15?,17-/m0/s1. The summed E-state index contributed by atoms with van der Waals surface area (Å²) in [5, 5.41) is 12.4. The van der Waals surface area contributed by atoms with Gasteiger partial charge in [-0.05, 0) is 58.2 Å². The fourth-order valence-corrected chi connectivity index (χ4v) is 2.59. The van der Waals surface area contributed by atoms with Crippen molar-refractivity contribution < 1.29 is 52.7 Å². The molecule has 0 saturated heterocycles. The van der Waals surface area contributed by atoms with Crippen LogP contribution in [0.15, 0.2) is 18.2 Å². The maximum Gasteiger partial charge on any atom is 0.513 e. The Balaban J connectivity index is 2.90. The Morgan fingerprint density at radius 3 is 1.97 bits per heavy atom. The largest absolute Gasteiger partial charge is 0.513 e. The normalized spacial score (nSPS) is 13.1. The highest BCUT2D eigenvalue weighted by Gasteiger charge is 2.22. The van der Waals surface area contributed by atoms with E-state index in [-0.39, 0.29) is 43.8 Å². The summed E-state index contributed by atoms with van der Waals surface area (Å²) in [5.74, 6) is -1.41. The molecule has 12 nitrogen and oxygen atoms in total. The summed E-state index contributed by atoms with van der Waals surface area (Å²) >= 11 is 0. The summed E-state index contributed by atoms with van der Waals surface area (Å²) in [6, 6.07) is 3.13. The van der Waals surface area contributed by atoms with Crippen LogP contribution in [0.4, 0.5) is 14.4 Å². The lowest BCUT2D eigenvalue weighted by atomic mass is 10.0. The van der Waals surface area contributed by atoms with Crippen LogP contribution >= 0.6 is 0 Å². The molecular formula is C23H33NO11. The van der Waals surface area contributed by atoms with E-state index in [4.69, 9.17) is 28.4 Å². The zero-order valence-corrected chi connectivity index (χ0v) is 20.5. The van der Waals surface area contributed by atoms with Gasteiger partial charge in [-0.3, -0.25) is 4.79 Å². The SMILES string of the molecule is CCOC(=O)Oc1ccc(C[C@H](NCC(C)OC(=O)OC(C)CC)C(=O)O)cc1OC(=O)OCC. The van der Waals surface area contributed by atoms with Crippen LogP contribution in [0.1, 0.15) is 46.6 Å². The molecule has 0 heterocycles. The molecule has 0 aliphatic carbocycles. The molecule has 2 unspecified atom stereocenters. The molecule has 0 fully saturated rings. The van der Waals surface area contributed by atoms with E-state index in [9.17, 15) is 24.3 Å². The quantitative estimate of drug-likeness (QED) is 0.231. The number of carbonyl (C=O) groups is 4. The molecule has 1 rings (SSSR count). The van der Waals surface area contributed by atoms with E-state index in [0.717, 1.165) is 0 Å². The summed E-state index contributed by atoms with van der Waals surface area (Å²) in [5.41, 5.74) is 0.449. The van der Waals surface area contributed by atoms with Gasteiger partial charge in [0.05, 0.1) is 13.2 Å². The highest BCUT2D eigenvalue weighted by atomic mass is 16.7. The van der Waals surface area contributed by atoms with Gasteiger partial charge in [0.2, 0.25) is 0 Å². The molecule has 0 aromatic heterocycles. The number of aliphatic carboxylic acids is 1. The van der Waals surface area contributed by atoms with E-state index in [2.05, 4.69) is 5.32 Å². The summed E-state index contributed by atoms with van der Waals surface area (Å²) in [4.78, 5) is 47.0. The Bertz CT molecular complexity index is 858. The van der Waals surface area contributed by atoms with Gasteiger partial charge in [0.25, 0.3) is 0 Å². The lowest BCUT2D eigenvalue weighted by molar-refractivity contribution is -0.139. The molecule has 2 N–H and O–H groups in total. The van der Waals surface area contributed by atoms with Crippen molar-refractivity contribution >= 4 is 24.4 Å². The predicted octanol–water partition coefficient (Wildman–Crippen LogP) is 3.68. The molecule has 12 heteroatoms. The molecular weight excluding hydrogens is 466 g/mol. The van der Waals surface area contributed by atoms with Crippen molar-refractivity contribution in [1.29, 1.82) is 0 Å². The van der Waals surface area contributed by atoms with E-state index in [0.29, 0.717) is 12.0 Å². The number of ether oxygens (including phenoxy) is 6. The molecule has 0 aliphatic heterocycles. The maximum absolute atomic E-state index is 11.8. The maximum atomic E-state index is 11.8. The Morgan fingerprint density at radius 2 is 1.43 bits per heavy atom. The number of rotatable bonds is 13. The summed E-state index contributed by atoms with van der Waals surface area (Å²) in [7, 11) is 0. The Hall–Kier alpha value is -3.54. The van der Waals surface area contributed by atoms with Crippen molar-refractivity contribution in [3.8, 4) is 11.5 Å².